The van der Waals surface area contributed by atoms with Crippen LogP contribution in [0, 0.1) is 0 Å². The SMILES string of the molecule is C=C/C=C(C=C)/C=C/C(=O)CC. The van der Waals surface area contributed by atoms with Gasteiger partial charge in [0.2, 0.25) is 0 Å². The molecule has 0 saturated heterocycles. The van der Waals surface area contributed by atoms with E-state index in [1.54, 1.807) is 30.4 Å². The zero-order valence-electron chi connectivity index (χ0n) is 7.42. The highest BCUT2D eigenvalue weighted by Crippen LogP contribution is 1.98. The summed E-state index contributed by atoms with van der Waals surface area (Å²) in [6, 6.07) is 0. The minimum absolute atomic E-state index is 0.117. The lowest BCUT2D eigenvalue weighted by Gasteiger charge is -1.89. The predicted octanol–water partition coefficient (Wildman–Crippen LogP) is 2.82. The highest BCUT2D eigenvalue weighted by atomic mass is 16.1. The molecule has 0 unspecified atom stereocenters. The molecule has 0 aromatic rings. The molecule has 12 heavy (non-hydrogen) atoms. The highest BCUT2D eigenvalue weighted by Gasteiger charge is 1.89. The molecule has 1 nitrogen and oxygen atoms in total. The van der Waals surface area contributed by atoms with Gasteiger partial charge in [0.15, 0.2) is 5.78 Å². The van der Waals surface area contributed by atoms with Gasteiger partial charge in [-0.15, -0.1) is 0 Å². The maximum atomic E-state index is 10.9. The van der Waals surface area contributed by atoms with Crippen LogP contribution in [0.5, 0.6) is 0 Å². The zero-order valence-corrected chi connectivity index (χ0v) is 7.42. The van der Waals surface area contributed by atoms with Crippen LogP contribution >= 0.6 is 0 Å². The van der Waals surface area contributed by atoms with E-state index in [-0.39, 0.29) is 5.78 Å². The number of hydrogen-bond donors (Lipinski definition) is 0. The third-order valence-electron chi connectivity index (χ3n) is 1.36. The second-order valence-corrected chi connectivity index (χ2v) is 2.26. The standard InChI is InChI=1S/C11H14O/c1-4-7-10(5-2)8-9-11(12)6-3/h4-5,7-9H,1-2,6H2,3H3/b9-8+,10-7+. The normalized spacial score (nSPS) is 11.6. The molecule has 0 aliphatic carbocycles. The summed E-state index contributed by atoms with van der Waals surface area (Å²) in [5.74, 6) is 0.117. The number of carbonyl (C=O) groups is 1. The van der Waals surface area contributed by atoms with E-state index in [2.05, 4.69) is 13.2 Å². The van der Waals surface area contributed by atoms with E-state index >= 15 is 0 Å². The summed E-state index contributed by atoms with van der Waals surface area (Å²) >= 11 is 0. The minimum atomic E-state index is 0.117. The van der Waals surface area contributed by atoms with Crippen LogP contribution in [0.25, 0.3) is 0 Å². The van der Waals surface area contributed by atoms with E-state index in [0.717, 1.165) is 5.57 Å². The molecule has 0 aliphatic heterocycles. The van der Waals surface area contributed by atoms with Crippen molar-refractivity contribution in [1.82, 2.24) is 0 Å². The largest absolute Gasteiger partial charge is 0.295 e. The first kappa shape index (κ1) is 10.6. The monoisotopic (exact) mass is 162 g/mol. The van der Waals surface area contributed by atoms with Crippen molar-refractivity contribution in [2.45, 2.75) is 13.3 Å². The van der Waals surface area contributed by atoms with Crippen molar-refractivity contribution in [2.75, 3.05) is 0 Å². The summed E-state index contributed by atoms with van der Waals surface area (Å²) in [6.45, 7) is 8.99. The van der Waals surface area contributed by atoms with Gasteiger partial charge in [0, 0.05) is 6.42 Å². The van der Waals surface area contributed by atoms with Gasteiger partial charge in [0.25, 0.3) is 0 Å². The second-order valence-electron chi connectivity index (χ2n) is 2.26. The van der Waals surface area contributed by atoms with Crippen LogP contribution in [0.4, 0.5) is 0 Å². The molecule has 1 heteroatoms. The number of rotatable bonds is 5. The maximum Gasteiger partial charge on any atom is 0.155 e. The van der Waals surface area contributed by atoms with Crippen LogP contribution in [0.1, 0.15) is 13.3 Å². The van der Waals surface area contributed by atoms with Crippen LogP contribution in [0.3, 0.4) is 0 Å². The van der Waals surface area contributed by atoms with Crippen LogP contribution in [0.15, 0.2) is 49.1 Å². The van der Waals surface area contributed by atoms with Gasteiger partial charge in [-0.25, -0.2) is 0 Å². The Morgan fingerprint density at radius 1 is 1.33 bits per heavy atom. The quantitative estimate of drug-likeness (QED) is 0.448. The molecule has 0 saturated carbocycles. The molecule has 0 aliphatic rings. The molecule has 0 rings (SSSR count). The van der Waals surface area contributed by atoms with Crippen LogP contribution < -0.4 is 0 Å². The first-order valence-corrected chi connectivity index (χ1v) is 3.90. The number of carbonyl (C=O) groups excluding carboxylic acids is 1. The molecule has 0 bridgehead atoms. The first-order chi connectivity index (χ1) is 5.74. The fourth-order valence-corrected chi connectivity index (χ4v) is 0.635. The molecule has 0 N–H and O–H groups in total. The Kier molecular flexibility index (Phi) is 5.62. The van der Waals surface area contributed by atoms with E-state index in [4.69, 9.17) is 0 Å². The molecular weight excluding hydrogens is 148 g/mol. The van der Waals surface area contributed by atoms with E-state index in [1.165, 1.54) is 0 Å². The summed E-state index contributed by atoms with van der Waals surface area (Å²) in [6.07, 6.45) is 8.97. The van der Waals surface area contributed by atoms with Crippen molar-refractivity contribution >= 4 is 5.78 Å². The number of hydrogen-bond acceptors (Lipinski definition) is 1. The lowest BCUT2D eigenvalue weighted by atomic mass is 10.2. The van der Waals surface area contributed by atoms with Gasteiger partial charge < -0.3 is 0 Å². The average molecular weight is 162 g/mol. The van der Waals surface area contributed by atoms with Crippen molar-refractivity contribution in [3.8, 4) is 0 Å². The predicted molar refractivity (Wildman–Crippen MR) is 52.9 cm³/mol. The van der Waals surface area contributed by atoms with Gasteiger partial charge in [0.1, 0.15) is 0 Å². The maximum absolute atomic E-state index is 10.9. The fourth-order valence-electron chi connectivity index (χ4n) is 0.635. The Hall–Kier alpha value is -1.37. The van der Waals surface area contributed by atoms with E-state index in [0.29, 0.717) is 6.42 Å². The summed E-state index contributed by atoms with van der Waals surface area (Å²) in [7, 11) is 0. The summed E-state index contributed by atoms with van der Waals surface area (Å²) in [5, 5.41) is 0. The summed E-state index contributed by atoms with van der Waals surface area (Å²) < 4.78 is 0. The van der Waals surface area contributed by atoms with Gasteiger partial charge in [-0.3, -0.25) is 4.79 Å². The lowest BCUT2D eigenvalue weighted by Crippen LogP contribution is -1.86. The Morgan fingerprint density at radius 2 is 2.00 bits per heavy atom. The minimum Gasteiger partial charge on any atom is -0.295 e. The van der Waals surface area contributed by atoms with Crippen molar-refractivity contribution in [2.24, 2.45) is 0 Å². The molecule has 0 fully saturated rings. The van der Waals surface area contributed by atoms with Crippen molar-refractivity contribution in [1.29, 1.82) is 0 Å². The molecule has 0 heterocycles. The average Bonchev–Trinajstić information content (AvgIpc) is 2.11. The van der Waals surface area contributed by atoms with Crippen molar-refractivity contribution < 1.29 is 4.79 Å². The number of ketones is 1. The molecule has 0 spiro atoms. The number of allylic oxidation sites excluding steroid dienone is 6. The van der Waals surface area contributed by atoms with Gasteiger partial charge in [-0.1, -0.05) is 44.4 Å². The van der Waals surface area contributed by atoms with Gasteiger partial charge in [-0.2, -0.15) is 0 Å². The van der Waals surface area contributed by atoms with E-state index in [1.807, 2.05) is 6.92 Å². The van der Waals surface area contributed by atoms with Gasteiger partial charge in [-0.05, 0) is 11.6 Å². The molecular formula is C11H14O. The topological polar surface area (TPSA) is 17.1 Å². The smallest absolute Gasteiger partial charge is 0.155 e. The van der Waals surface area contributed by atoms with Crippen LogP contribution in [0.2, 0.25) is 0 Å². The molecule has 0 aromatic heterocycles. The summed E-state index contributed by atoms with van der Waals surface area (Å²) in [5.41, 5.74) is 0.895. The first-order valence-electron chi connectivity index (χ1n) is 3.90. The highest BCUT2D eigenvalue weighted by molar-refractivity contribution is 5.89. The van der Waals surface area contributed by atoms with Crippen LogP contribution in [-0.4, -0.2) is 5.78 Å². The van der Waals surface area contributed by atoms with Gasteiger partial charge >= 0.3 is 0 Å². The molecule has 0 amide bonds. The van der Waals surface area contributed by atoms with E-state index in [9.17, 15) is 4.79 Å². The zero-order chi connectivity index (χ0) is 9.40. The third kappa shape index (κ3) is 4.45. The van der Waals surface area contributed by atoms with Crippen molar-refractivity contribution in [3.63, 3.8) is 0 Å². The molecule has 0 radical (unpaired) electrons. The Bertz CT molecular complexity index is 231. The lowest BCUT2D eigenvalue weighted by molar-refractivity contribution is -0.114. The molecule has 0 atom stereocenters. The fraction of sp³-hybridized carbons (Fsp3) is 0.182. The van der Waals surface area contributed by atoms with E-state index < -0.39 is 0 Å². The van der Waals surface area contributed by atoms with Crippen LogP contribution in [-0.2, 0) is 4.79 Å². The Morgan fingerprint density at radius 3 is 2.42 bits per heavy atom. The van der Waals surface area contributed by atoms with Gasteiger partial charge in [0.05, 0.1) is 0 Å². The molecule has 0 aromatic carbocycles. The Balaban J connectivity index is 4.29. The Labute approximate surface area is 73.8 Å². The third-order valence-corrected chi connectivity index (χ3v) is 1.36. The molecule has 64 valence electrons. The van der Waals surface area contributed by atoms with Crippen molar-refractivity contribution in [3.05, 3.63) is 49.1 Å². The summed E-state index contributed by atoms with van der Waals surface area (Å²) in [4.78, 5) is 10.9. The second kappa shape index (κ2) is 6.35.